The van der Waals surface area contributed by atoms with Crippen LogP contribution in [-0.4, -0.2) is 17.6 Å². The van der Waals surface area contributed by atoms with E-state index >= 15 is 0 Å². The molecule has 0 unspecified atom stereocenters. The molecule has 0 saturated heterocycles. The summed E-state index contributed by atoms with van der Waals surface area (Å²) in [5.74, 6) is 1.50. The van der Waals surface area contributed by atoms with E-state index < -0.39 is 0 Å². The summed E-state index contributed by atoms with van der Waals surface area (Å²) < 4.78 is 6.74. The number of aromatic nitrogens is 1. The normalized spacial score (nSPS) is 23.7. The fourth-order valence-electron chi connectivity index (χ4n) is 2.59. The molecular weight excluding hydrogens is 244 g/mol. The number of fused-ring (bicyclic) bond motifs is 1. The Morgan fingerprint density at radius 1 is 1.44 bits per heavy atom. The van der Waals surface area contributed by atoms with Gasteiger partial charge in [0.05, 0.1) is 21.8 Å². The highest BCUT2D eigenvalue weighted by atomic mass is 32.1. The second-order valence-corrected chi connectivity index (χ2v) is 5.95. The second kappa shape index (κ2) is 4.86. The Kier molecular flexibility index (Phi) is 3.22. The van der Waals surface area contributed by atoms with Gasteiger partial charge in [-0.1, -0.05) is 0 Å². The monoisotopic (exact) mass is 262 g/mol. The third kappa shape index (κ3) is 2.22. The maximum absolute atomic E-state index is 5.98. The lowest BCUT2D eigenvalue weighted by molar-refractivity contribution is 0.341. The molecule has 4 heteroatoms. The van der Waals surface area contributed by atoms with E-state index in [1.54, 1.807) is 11.3 Å². The quantitative estimate of drug-likeness (QED) is 0.923. The van der Waals surface area contributed by atoms with Gasteiger partial charge in [0.15, 0.2) is 0 Å². The Morgan fingerprint density at radius 2 is 2.33 bits per heavy atom. The molecule has 96 valence electrons. The molecule has 0 amide bonds. The topological polar surface area (TPSA) is 48.1 Å². The fourth-order valence-corrected chi connectivity index (χ4v) is 3.74. The van der Waals surface area contributed by atoms with Crippen LogP contribution < -0.4 is 10.5 Å². The van der Waals surface area contributed by atoms with Crippen LogP contribution in [0.2, 0.25) is 0 Å². The largest absolute Gasteiger partial charge is 0.494 e. The molecule has 2 aromatic rings. The summed E-state index contributed by atoms with van der Waals surface area (Å²) in [5, 5.41) is 1.24. The highest BCUT2D eigenvalue weighted by molar-refractivity contribution is 7.18. The lowest BCUT2D eigenvalue weighted by Crippen LogP contribution is -2.14. The van der Waals surface area contributed by atoms with Crippen molar-refractivity contribution >= 4 is 21.6 Å². The van der Waals surface area contributed by atoms with E-state index in [1.807, 2.05) is 13.0 Å². The molecular formula is C14H18N2OS. The molecule has 1 aliphatic carbocycles. The molecule has 2 atom stereocenters. The first-order valence-electron chi connectivity index (χ1n) is 6.55. The van der Waals surface area contributed by atoms with Crippen LogP contribution in [0.1, 0.15) is 37.1 Å². The summed E-state index contributed by atoms with van der Waals surface area (Å²) in [4.78, 5) is 4.74. The molecule has 3 rings (SSSR count). The first-order valence-corrected chi connectivity index (χ1v) is 7.36. The Morgan fingerprint density at radius 3 is 3.06 bits per heavy atom. The zero-order chi connectivity index (χ0) is 12.5. The first-order chi connectivity index (χ1) is 8.76. The highest BCUT2D eigenvalue weighted by Crippen LogP contribution is 2.38. The molecule has 0 bridgehead atoms. The van der Waals surface area contributed by atoms with Crippen molar-refractivity contribution in [3.05, 3.63) is 23.2 Å². The Bertz CT molecular complexity index is 552. The molecule has 0 spiro atoms. The lowest BCUT2D eigenvalue weighted by Gasteiger charge is -2.03. The van der Waals surface area contributed by atoms with Crippen LogP contribution in [0.25, 0.3) is 10.2 Å². The molecule has 2 N–H and O–H groups in total. The Balaban J connectivity index is 1.90. The molecule has 1 aliphatic rings. The number of nitrogens with two attached hydrogens (primary N) is 1. The fraction of sp³-hybridized carbons (Fsp3) is 0.500. The standard InChI is InChI=1S/C14H18N2OS/c1-2-17-11-5-6-12-13(8-11)18-14(16-12)9-3-4-10(15)7-9/h5-6,8-10H,2-4,7,15H2,1H3/t9-,10+/m1/s1. The molecule has 1 aromatic carbocycles. The minimum Gasteiger partial charge on any atom is -0.494 e. The van der Waals surface area contributed by atoms with Crippen molar-refractivity contribution in [2.75, 3.05) is 6.61 Å². The van der Waals surface area contributed by atoms with Gasteiger partial charge in [-0.3, -0.25) is 0 Å². The third-order valence-corrected chi connectivity index (χ3v) is 4.69. The van der Waals surface area contributed by atoms with E-state index in [0.29, 0.717) is 18.6 Å². The van der Waals surface area contributed by atoms with Gasteiger partial charge < -0.3 is 10.5 Å². The van der Waals surface area contributed by atoms with Gasteiger partial charge in [-0.05, 0) is 44.4 Å². The van der Waals surface area contributed by atoms with E-state index in [1.165, 1.54) is 16.1 Å². The average Bonchev–Trinajstić information content (AvgIpc) is 2.94. The second-order valence-electron chi connectivity index (χ2n) is 4.88. The van der Waals surface area contributed by atoms with E-state index in [0.717, 1.165) is 24.1 Å². The predicted octanol–water partition coefficient (Wildman–Crippen LogP) is 3.29. The number of ether oxygens (including phenoxy) is 1. The van der Waals surface area contributed by atoms with Crippen molar-refractivity contribution in [2.45, 2.75) is 38.1 Å². The van der Waals surface area contributed by atoms with Crippen LogP contribution in [-0.2, 0) is 0 Å². The number of hydrogen-bond donors (Lipinski definition) is 1. The number of hydrogen-bond acceptors (Lipinski definition) is 4. The molecule has 1 saturated carbocycles. The van der Waals surface area contributed by atoms with E-state index in [9.17, 15) is 0 Å². The van der Waals surface area contributed by atoms with Crippen molar-refractivity contribution in [3.8, 4) is 5.75 Å². The zero-order valence-electron chi connectivity index (χ0n) is 10.6. The van der Waals surface area contributed by atoms with Gasteiger partial charge in [0, 0.05) is 12.0 Å². The molecule has 1 aromatic heterocycles. The van der Waals surface area contributed by atoms with Gasteiger partial charge in [-0.25, -0.2) is 4.98 Å². The van der Waals surface area contributed by atoms with Crippen molar-refractivity contribution < 1.29 is 4.74 Å². The van der Waals surface area contributed by atoms with E-state index in [-0.39, 0.29) is 0 Å². The Hall–Kier alpha value is -1.13. The Labute approximate surface area is 111 Å². The van der Waals surface area contributed by atoms with Gasteiger partial charge in [0.1, 0.15) is 5.75 Å². The van der Waals surface area contributed by atoms with Crippen molar-refractivity contribution in [3.63, 3.8) is 0 Å². The van der Waals surface area contributed by atoms with Gasteiger partial charge >= 0.3 is 0 Å². The van der Waals surface area contributed by atoms with Gasteiger partial charge in [-0.15, -0.1) is 11.3 Å². The number of benzene rings is 1. The summed E-state index contributed by atoms with van der Waals surface area (Å²) in [6, 6.07) is 6.50. The molecule has 3 nitrogen and oxygen atoms in total. The van der Waals surface area contributed by atoms with Crippen LogP contribution in [0.3, 0.4) is 0 Å². The van der Waals surface area contributed by atoms with E-state index in [4.69, 9.17) is 15.5 Å². The number of rotatable bonds is 3. The summed E-state index contributed by atoms with van der Waals surface area (Å²) >= 11 is 1.79. The first kappa shape index (κ1) is 11.9. The lowest BCUT2D eigenvalue weighted by atomic mass is 10.1. The average molecular weight is 262 g/mol. The summed E-state index contributed by atoms with van der Waals surface area (Å²) in [6.07, 6.45) is 3.39. The van der Waals surface area contributed by atoms with Crippen LogP contribution in [0.4, 0.5) is 0 Å². The smallest absolute Gasteiger partial charge is 0.120 e. The van der Waals surface area contributed by atoms with Crippen LogP contribution in [0.5, 0.6) is 5.75 Å². The third-order valence-electron chi connectivity index (χ3n) is 3.51. The van der Waals surface area contributed by atoms with Crippen LogP contribution in [0.15, 0.2) is 18.2 Å². The maximum Gasteiger partial charge on any atom is 0.120 e. The summed E-state index contributed by atoms with van der Waals surface area (Å²) in [6.45, 7) is 2.71. The van der Waals surface area contributed by atoms with Crippen molar-refractivity contribution in [2.24, 2.45) is 5.73 Å². The minimum atomic E-state index is 0.362. The highest BCUT2D eigenvalue weighted by Gasteiger charge is 2.25. The van der Waals surface area contributed by atoms with Gasteiger partial charge in [-0.2, -0.15) is 0 Å². The molecule has 1 fully saturated rings. The van der Waals surface area contributed by atoms with Crippen LogP contribution >= 0.6 is 11.3 Å². The summed E-state index contributed by atoms with van der Waals surface area (Å²) in [5.41, 5.74) is 7.06. The maximum atomic E-state index is 5.98. The molecule has 0 radical (unpaired) electrons. The molecule has 18 heavy (non-hydrogen) atoms. The van der Waals surface area contributed by atoms with Gasteiger partial charge in [0.25, 0.3) is 0 Å². The minimum absolute atomic E-state index is 0.362. The SMILES string of the molecule is CCOc1ccc2nc([C@@H]3CC[C@H](N)C3)sc2c1. The predicted molar refractivity (Wildman–Crippen MR) is 75.4 cm³/mol. The molecule has 1 heterocycles. The van der Waals surface area contributed by atoms with Gasteiger partial charge in [0.2, 0.25) is 0 Å². The molecule has 0 aliphatic heterocycles. The van der Waals surface area contributed by atoms with Crippen molar-refractivity contribution in [1.29, 1.82) is 0 Å². The number of nitrogens with zero attached hydrogens (tertiary/aromatic N) is 1. The van der Waals surface area contributed by atoms with Crippen molar-refractivity contribution in [1.82, 2.24) is 4.98 Å². The number of thiazole rings is 1. The van der Waals surface area contributed by atoms with Crippen LogP contribution in [0, 0.1) is 0 Å². The van der Waals surface area contributed by atoms with E-state index in [2.05, 4.69) is 12.1 Å². The summed E-state index contributed by atoms with van der Waals surface area (Å²) in [7, 11) is 0. The zero-order valence-corrected chi connectivity index (χ0v) is 11.4.